The zero-order chi connectivity index (χ0) is 22.3. The summed E-state index contributed by atoms with van der Waals surface area (Å²) in [5.74, 6) is 0. The Morgan fingerprint density at radius 2 is 1.72 bits per heavy atom. The van der Waals surface area contributed by atoms with Crippen molar-refractivity contribution < 1.29 is 21.6 Å². The number of hydrogen-bond acceptors (Lipinski definition) is 3. The fourth-order valence-electron chi connectivity index (χ4n) is 5.02. The number of H-pyrrole nitrogens is 1. The number of nitrogens with one attached hydrogen (secondary N) is 1. The lowest BCUT2D eigenvalue weighted by Gasteiger charge is -2.33. The highest BCUT2D eigenvalue weighted by molar-refractivity contribution is 7.89. The Labute approximate surface area is 181 Å². The molecule has 3 aromatic carbocycles. The van der Waals surface area contributed by atoms with Gasteiger partial charge in [0.25, 0.3) is 0 Å². The number of hydrogen-bond donors (Lipinski definition) is 1. The van der Waals surface area contributed by atoms with E-state index in [9.17, 15) is 21.6 Å². The second kappa shape index (κ2) is 6.43. The van der Waals surface area contributed by atoms with Crippen LogP contribution in [0.3, 0.4) is 0 Å². The van der Waals surface area contributed by atoms with Crippen LogP contribution in [0, 0.1) is 0 Å². The summed E-state index contributed by atoms with van der Waals surface area (Å²) in [4.78, 5) is -0.162. The number of aromatic amines is 1. The molecule has 0 saturated carbocycles. The van der Waals surface area contributed by atoms with E-state index in [4.69, 9.17) is 0 Å². The largest absolute Gasteiger partial charge is 0.416 e. The number of nitrogens with zero attached hydrogens (tertiary/aromatic N) is 2. The van der Waals surface area contributed by atoms with Crippen molar-refractivity contribution in [1.82, 2.24) is 14.5 Å². The van der Waals surface area contributed by atoms with Gasteiger partial charge in [-0.1, -0.05) is 36.4 Å². The molecule has 32 heavy (non-hydrogen) atoms. The minimum absolute atomic E-state index is 0.162. The first-order chi connectivity index (χ1) is 15.3. The van der Waals surface area contributed by atoms with E-state index in [0.29, 0.717) is 6.42 Å². The Morgan fingerprint density at radius 3 is 2.47 bits per heavy atom. The molecular weight excluding hydrogens is 439 g/mol. The van der Waals surface area contributed by atoms with Crippen LogP contribution >= 0.6 is 0 Å². The SMILES string of the molecule is O=S(=O)(c1ccc(C(F)(F)F)cc1)N1C2Cc3[nH]ncc3C1c1ccc3ccccc3c12. The van der Waals surface area contributed by atoms with Crippen molar-refractivity contribution in [3.05, 3.63) is 94.8 Å². The zero-order valence-electron chi connectivity index (χ0n) is 16.5. The van der Waals surface area contributed by atoms with Crippen molar-refractivity contribution in [1.29, 1.82) is 0 Å². The summed E-state index contributed by atoms with van der Waals surface area (Å²) in [5.41, 5.74) is 2.58. The minimum Gasteiger partial charge on any atom is -0.282 e. The topological polar surface area (TPSA) is 66.1 Å². The molecule has 0 amide bonds. The average Bonchev–Trinajstić information content (AvgIpc) is 3.34. The van der Waals surface area contributed by atoms with Crippen LogP contribution in [-0.2, 0) is 22.6 Å². The fraction of sp³-hybridized carbons (Fsp3) is 0.174. The molecule has 2 aliphatic rings. The monoisotopic (exact) mass is 455 g/mol. The normalized spacial score (nSPS) is 20.3. The summed E-state index contributed by atoms with van der Waals surface area (Å²) in [7, 11) is -4.09. The molecular formula is C23H16F3N3O2S. The maximum atomic E-state index is 13.8. The van der Waals surface area contributed by atoms with Gasteiger partial charge in [0.05, 0.1) is 28.7 Å². The van der Waals surface area contributed by atoms with Gasteiger partial charge in [0.15, 0.2) is 0 Å². The number of halogens is 3. The van der Waals surface area contributed by atoms with Gasteiger partial charge in [-0.25, -0.2) is 8.42 Å². The van der Waals surface area contributed by atoms with Gasteiger partial charge in [-0.3, -0.25) is 5.10 Å². The molecule has 162 valence electrons. The molecule has 5 nitrogen and oxygen atoms in total. The highest BCUT2D eigenvalue weighted by atomic mass is 32.2. The molecule has 1 aromatic heterocycles. The van der Waals surface area contributed by atoms with Gasteiger partial charge in [0.2, 0.25) is 10.0 Å². The van der Waals surface area contributed by atoms with E-state index in [1.165, 1.54) is 4.31 Å². The van der Waals surface area contributed by atoms with Crippen LogP contribution in [0.4, 0.5) is 13.2 Å². The molecule has 6 rings (SSSR count). The first kappa shape index (κ1) is 19.5. The van der Waals surface area contributed by atoms with Crippen LogP contribution in [0.2, 0.25) is 0 Å². The van der Waals surface area contributed by atoms with Gasteiger partial charge in [-0.15, -0.1) is 0 Å². The summed E-state index contributed by atoms with van der Waals surface area (Å²) < 4.78 is 67.9. The molecule has 2 aliphatic heterocycles. The van der Waals surface area contributed by atoms with Crippen molar-refractivity contribution in [2.24, 2.45) is 0 Å². The Balaban J connectivity index is 1.55. The molecule has 0 radical (unpaired) electrons. The third kappa shape index (κ3) is 2.61. The quantitative estimate of drug-likeness (QED) is 0.464. The summed E-state index contributed by atoms with van der Waals surface area (Å²) in [5, 5.41) is 9.08. The van der Waals surface area contributed by atoms with Crippen LogP contribution in [0.25, 0.3) is 10.8 Å². The summed E-state index contributed by atoms with van der Waals surface area (Å²) >= 11 is 0. The molecule has 0 saturated heterocycles. The zero-order valence-corrected chi connectivity index (χ0v) is 17.3. The van der Waals surface area contributed by atoms with E-state index < -0.39 is 33.8 Å². The third-order valence-corrected chi connectivity index (χ3v) is 8.28. The number of benzene rings is 3. The first-order valence-corrected chi connectivity index (χ1v) is 11.5. The van der Waals surface area contributed by atoms with Gasteiger partial charge in [0, 0.05) is 17.7 Å². The molecule has 1 N–H and O–H groups in total. The van der Waals surface area contributed by atoms with Gasteiger partial charge in [0.1, 0.15) is 0 Å². The van der Waals surface area contributed by atoms with Crippen LogP contribution in [0.5, 0.6) is 0 Å². The summed E-state index contributed by atoms with van der Waals surface area (Å²) in [6.45, 7) is 0. The van der Waals surface area contributed by atoms with Crippen molar-refractivity contribution >= 4 is 20.8 Å². The van der Waals surface area contributed by atoms with Crippen molar-refractivity contribution in [2.45, 2.75) is 29.6 Å². The number of fused-ring (bicyclic) bond motifs is 9. The Bertz CT molecular complexity index is 1480. The smallest absolute Gasteiger partial charge is 0.282 e. The lowest BCUT2D eigenvalue weighted by atomic mass is 9.95. The highest BCUT2D eigenvalue weighted by Gasteiger charge is 2.51. The molecule has 0 fully saturated rings. The third-order valence-electron chi connectivity index (χ3n) is 6.39. The summed E-state index contributed by atoms with van der Waals surface area (Å²) in [6, 6.07) is 14.3. The molecule has 0 spiro atoms. The Morgan fingerprint density at radius 1 is 0.969 bits per heavy atom. The minimum atomic E-state index is -4.53. The van der Waals surface area contributed by atoms with Gasteiger partial charge >= 0.3 is 6.18 Å². The predicted molar refractivity (Wildman–Crippen MR) is 111 cm³/mol. The number of rotatable bonds is 2. The molecule has 2 unspecified atom stereocenters. The van der Waals surface area contributed by atoms with Crippen molar-refractivity contribution in [2.75, 3.05) is 0 Å². The fourth-order valence-corrected chi connectivity index (χ4v) is 6.77. The Kier molecular flexibility index (Phi) is 3.92. The van der Waals surface area contributed by atoms with Crippen LogP contribution in [0.1, 0.15) is 40.0 Å². The maximum absolute atomic E-state index is 13.8. The first-order valence-electron chi connectivity index (χ1n) is 10.0. The molecule has 0 aliphatic carbocycles. The van der Waals surface area contributed by atoms with Crippen molar-refractivity contribution in [3.8, 4) is 0 Å². The number of aromatic nitrogens is 2. The van der Waals surface area contributed by atoms with Gasteiger partial charge in [-0.2, -0.15) is 22.6 Å². The lowest BCUT2D eigenvalue weighted by molar-refractivity contribution is -0.137. The number of alkyl halides is 3. The molecule has 2 bridgehead atoms. The molecule has 3 heterocycles. The van der Waals surface area contributed by atoms with E-state index in [-0.39, 0.29) is 4.90 Å². The van der Waals surface area contributed by atoms with Crippen LogP contribution < -0.4 is 0 Å². The maximum Gasteiger partial charge on any atom is 0.416 e. The van der Waals surface area contributed by atoms with Gasteiger partial charge < -0.3 is 0 Å². The second-order valence-corrected chi connectivity index (χ2v) is 9.92. The predicted octanol–water partition coefficient (Wildman–Crippen LogP) is 4.97. The standard InChI is InChI=1S/C23H16F3N3O2S/c24-23(25,26)14-6-8-15(9-7-14)32(30,31)29-20-11-19-18(12-27-28-19)22(29)17-10-5-13-3-1-2-4-16(13)21(17)20/h1-10,12,20,22H,11H2,(H,27,28). The van der Waals surface area contributed by atoms with Crippen LogP contribution in [0.15, 0.2) is 71.8 Å². The second-order valence-electron chi connectivity index (χ2n) is 8.07. The molecule has 2 atom stereocenters. The van der Waals surface area contributed by atoms with Gasteiger partial charge in [-0.05, 0) is 46.2 Å². The van der Waals surface area contributed by atoms with Crippen LogP contribution in [-0.4, -0.2) is 22.9 Å². The van der Waals surface area contributed by atoms with E-state index in [1.54, 1.807) is 6.20 Å². The van der Waals surface area contributed by atoms with E-state index in [0.717, 1.165) is 57.4 Å². The summed E-state index contributed by atoms with van der Waals surface area (Å²) in [6.07, 6.45) is -2.49. The molecule has 9 heteroatoms. The molecule has 4 aromatic rings. The van der Waals surface area contributed by atoms with E-state index in [1.807, 2.05) is 36.4 Å². The average molecular weight is 455 g/mol. The highest BCUT2D eigenvalue weighted by Crippen LogP contribution is 2.55. The lowest BCUT2D eigenvalue weighted by Crippen LogP contribution is -2.37. The Hall–Kier alpha value is -3.17. The van der Waals surface area contributed by atoms with Crippen molar-refractivity contribution in [3.63, 3.8) is 0 Å². The van der Waals surface area contributed by atoms with E-state index in [2.05, 4.69) is 10.2 Å². The van der Waals surface area contributed by atoms with E-state index >= 15 is 0 Å². The number of sulfonamides is 1.